The molecule has 0 fully saturated rings. The van der Waals surface area contributed by atoms with Gasteiger partial charge in [0.05, 0.1) is 0 Å². The second kappa shape index (κ2) is 5.37. The summed E-state index contributed by atoms with van der Waals surface area (Å²) in [4.78, 5) is 12.4. The van der Waals surface area contributed by atoms with Crippen molar-refractivity contribution in [1.29, 1.82) is 0 Å². The fourth-order valence-electron chi connectivity index (χ4n) is 2.59. The normalized spacial score (nSPS) is 12.7. The van der Waals surface area contributed by atoms with E-state index < -0.39 is 0 Å². The van der Waals surface area contributed by atoms with Crippen LogP contribution in [0.15, 0.2) is 42.5 Å². The second-order valence-electron chi connectivity index (χ2n) is 5.01. The predicted molar refractivity (Wildman–Crippen MR) is 82.4 cm³/mol. The molecule has 0 saturated carbocycles. The van der Waals surface area contributed by atoms with Crippen LogP contribution < -0.4 is 10.6 Å². The molecule has 1 amide bonds. The first-order valence-electron chi connectivity index (χ1n) is 7.04. The van der Waals surface area contributed by atoms with Crippen LogP contribution in [0.4, 0.5) is 11.4 Å². The molecule has 0 radical (unpaired) electrons. The molecule has 0 spiro atoms. The fraction of sp³-hybridized carbons (Fsp3) is 0.235. The Morgan fingerprint density at radius 3 is 2.95 bits per heavy atom. The van der Waals surface area contributed by atoms with Gasteiger partial charge in [-0.3, -0.25) is 4.79 Å². The Hall–Kier alpha value is -2.29. The van der Waals surface area contributed by atoms with Crippen LogP contribution in [0.25, 0.3) is 0 Å². The van der Waals surface area contributed by atoms with E-state index in [0.29, 0.717) is 0 Å². The Morgan fingerprint density at radius 2 is 2.10 bits per heavy atom. The van der Waals surface area contributed by atoms with Crippen LogP contribution >= 0.6 is 0 Å². The first-order valence-corrected chi connectivity index (χ1v) is 7.04. The number of para-hydroxylation sites is 1. The number of benzene rings is 2. The zero-order chi connectivity index (χ0) is 13.9. The van der Waals surface area contributed by atoms with Crippen molar-refractivity contribution in [1.82, 2.24) is 0 Å². The summed E-state index contributed by atoms with van der Waals surface area (Å²) in [5.41, 5.74) is 5.15. The average molecular weight is 266 g/mol. The average Bonchev–Trinajstić information content (AvgIpc) is 2.95. The number of fused-ring (bicyclic) bond motifs is 1. The summed E-state index contributed by atoms with van der Waals surface area (Å²) in [6, 6.07) is 13.8. The summed E-state index contributed by atoms with van der Waals surface area (Å²) < 4.78 is 0. The number of carbonyl (C=O) groups is 1. The van der Waals surface area contributed by atoms with E-state index in [9.17, 15) is 4.79 Å². The smallest absolute Gasteiger partial charge is 0.255 e. The Kier molecular flexibility index (Phi) is 3.42. The summed E-state index contributed by atoms with van der Waals surface area (Å²) in [5.74, 6) is -0.0411. The van der Waals surface area contributed by atoms with E-state index in [0.717, 1.165) is 41.9 Å². The van der Waals surface area contributed by atoms with Crippen molar-refractivity contribution >= 4 is 17.3 Å². The lowest BCUT2D eigenvalue weighted by atomic mass is 10.1. The summed E-state index contributed by atoms with van der Waals surface area (Å²) in [5, 5.41) is 6.31. The number of aryl methyl sites for hydroxylation is 1. The quantitative estimate of drug-likeness (QED) is 0.893. The second-order valence-corrected chi connectivity index (χ2v) is 5.01. The summed E-state index contributed by atoms with van der Waals surface area (Å²) in [7, 11) is 0. The number of rotatable bonds is 3. The van der Waals surface area contributed by atoms with Gasteiger partial charge in [0.25, 0.3) is 5.91 Å². The third-order valence-electron chi connectivity index (χ3n) is 3.72. The van der Waals surface area contributed by atoms with Gasteiger partial charge in [0.2, 0.25) is 0 Å². The number of amides is 1. The van der Waals surface area contributed by atoms with E-state index in [1.54, 1.807) is 0 Å². The molecular weight excluding hydrogens is 248 g/mol. The van der Waals surface area contributed by atoms with Crippen LogP contribution in [0.2, 0.25) is 0 Å². The van der Waals surface area contributed by atoms with E-state index in [-0.39, 0.29) is 5.91 Å². The Morgan fingerprint density at radius 1 is 1.25 bits per heavy atom. The van der Waals surface area contributed by atoms with Crippen molar-refractivity contribution in [3.8, 4) is 0 Å². The van der Waals surface area contributed by atoms with Crippen LogP contribution in [0.3, 0.4) is 0 Å². The van der Waals surface area contributed by atoms with Crippen LogP contribution in [-0.2, 0) is 12.8 Å². The first-order chi connectivity index (χ1) is 9.78. The minimum absolute atomic E-state index is 0.0411. The lowest BCUT2D eigenvalue weighted by Crippen LogP contribution is -2.13. The van der Waals surface area contributed by atoms with Crippen LogP contribution in [0, 0.1) is 0 Å². The van der Waals surface area contributed by atoms with Gasteiger partial charge >= 0.3 is 0 Å². The predicted octanol–water partition coefficient (Wildman–Crippen LogP) is 3.47. The lowest BCUT2D eigenvalue weighted by molar-refractivity contribution is 0.102. The van der Waals surface area contributed by atoms with Crippen LogP contribution in [-0.4, -0.2) is 12.5 Å². The van der Waals surface area contributed by atoms with Gasteiger partial charge in [-0.15, -0.1) is 0 Å². The lowest BCUT2D eigenvalue weighted by Gasteiger charge is -2.10. The molecule has 1 aliphatic heterocycles. The van der Waals surface area contributed by atoms with Crippen molar-refractivity contribution in [2.75, 3.05) is 17.2 Å². The molecule has 2 N–H and O–H groups in total. The van der Waals surface area contributed by atoms with E-state index in [1.807, 2.05) is 42.5 Å². The Labute approximate surface area is 119 Å². The highest BCUT2D eigenvalue weighted by Crippen LogP contribution is 2.24. The highest BCUT2D eigenvalue weighted by molar-refractivity contribution is 6.05. The van der Waals surface area contributed by atoms with Crippen molar-refractivity contribution in [3.05, 3.63) is 59.2 Å². The third-order valence-corrected chi connectivity index (χ3v) is 3.72. The number of nitrogens with one attached hydrogen (secondary N) is 2. The maximum absolute atomic E-state index is 12.4. The molecule has 0 unspecified atom stereocenters. The highest BCUT2D eigenvalue weighted by Gasteiger charge is 2.14. The summed E-state index contributed by atoms with van der Waals surface area (Å²) >= 11 is 0. The standard InChI is InChI=1S/C17H18N2O/c1-2-12-5-3-4-6-16(12)19-17(20)14-7-8-15-13(11-14)9-10-18-15/h3-8,11,18H,2,9-10H2,1H3,(H,19,20). The van der Waals surface area contributed by atoms with Crippen molar-refractivity contribution in [3.63, 3.8) is 0 Å². The number of carbonyl (C=O) groups excluding carboxylic acids is 1. The molecule has 20 heavy (non-hydrogen) atoms. The monoisotopic (exact) mass is 266 g/mol. The molecule has 0 aromatic heterocycles. The molecule has 1 heterocycles. The van der Waals surface area contributed by atoms with Gasteiger partial charge in [-0.1, -0.05) is 25.1 Å². The van der Waals surface area contributed by atoms with Gasteiger partial charge in [0.15, 0.2) is 0 Å². The molecule has 1 aliphatic rings. The van der Waals surface area contributed by atoms with Gasteiger partial charge < -0.3 is 10.6 Å². The molecule has 0 bridgehead atoms. The SMILES string of the molecule is CCc1ccccc1NC(=O)c1ccc2c(c1)CCN2. The molecular formula is C17H18N2O. The molecule has 0 saturated heterocycles. The molecule has 0 atom stereocenters. The minimum Gasteiger partial charge on any atom is -0.384 e. The van der Waals surface area contributed by atoms with E-state index >= 15 is 0 Å². The Balaban J connectivity index is 1.83. The molecule has 3 rings (SSSR count). The van der Waals surface area contributed by atoms with Gasteiger partial charge in [-0.2, -0.15) is 0 Å². The molecule has 3 heteroatoms. The zero-order valence-corrected chi connectivity index (χ0v) is 11.6. The number of hydrogen-bond acceptors (Lipinski definition) is 2. The van der Waals surface area contributed by atoms with Gasteiger partial charge in [0, 0.05) is 23.5 Å². The molecule has 0 aliphatic carbocycles. The van der Waals surface area contributed by atoms with Gasteiger partial charge in [-0.25, -0.2) is 0 Å². The number of anilines is 2. The Bertz CT molecular complexity index is 649. The largest absolute Gasteiger partial charge is 0.384 e. The maximum atomic E-state index is 12.4. The molecule has 2 aromatic carbocycles. The topological polar surface area (TPSA) is 41.1 Å². The van der Waals surface area contributed by atoms with Crippen LogP contribution in [0.1, 0.15) is 28.4 Å². The van der Waals surface area contributed by atoms with Crippen molar-refractivity contribution in [2.24, 2.45) is 0 Å². The summed E-state index contributed by atoms with van der Waals surface area (Å²) in [6.07, 6.45) is 1.90. The van der Waals surface area contributed by atoms with E-state index in [4.69, 9.17) is 0 Å². The van der Waals surface area contributed by atoms with Gasteiger partial charge in [0.1, 0.15) is 0 Å². The summed E-state index contributed by atoms with van der Waals surface area (Å²) in [6.45, 7) is 3.05. The van der Waals surface area contributed by atoms with Crippen molar-refractivity contribution in [2.45, 2.75) is 19.8 Å². The molecule has 2 aromatic rings. The van der Waals surface area contributed by atoms with Gasteiger partial charge in [-0.05, 0) is 48.2 Å². The maximum Gasteiger partial charge on any atom is 0.255 e. The highest BCUT2D eigenvalue weighted by atomic mass is 16.1. The third kappa shape index (κ3) is 2.39. The van der Waals surface area contributed by atoms with E-state index in [1.165, 1.54) is 5.56 Å². The number of hydrogen-bond donors (Lipinski definition) is 2. The van der Waals surface area contributed by atoms with Crippen LogP contribution in [0.5, 0.6) is 0 Å². The zero-order valence-electron chi connectivity index (χ0n) is 11.6. The fourth-order valence-corrected chi connectivity index (χ4v) is 2.59. The first kappa shape index (κ1) is 12.7. The van der Waals surface area contributed by atoms with E-state index in [2.05, 4.69) is 17.6 Å². The minimum atomic E-state index is -0.0411. The molecule has 102 valence electrons. The van der Waals surface area contributed by atoms with Crippen molar-refractivity contribution < 1.29 is 4.79 Å². The molecule has 3 nitrogen and oxygen atoms in total.